The highest BCUT2D eigenvalue weighted by atomic mass is 35.5. The summed E-state index contributed by atoms with van der Waals surface area (Å²) in [4.78, 5) is 27.2. The molecule has 0 atom stereocenters. The maximum Gasteiger partial charge on any atom is 0.267 e. The van der Waals surface area contributed by atoms with Gasteiger partial charge < -0.3 is 15.6 Å². The molecule has 0 saturated carbocycles. The van der Waals surface area contributed by atoms with Crippen molar-refractivity contribution in [1.29, 1.82) is 0 Å². The van der Waals surface area contributed by atoms with Crippen LogP contribution in [-0.2, 0) is 0 Å². The monoisotopic (exact) mass is 341 g/mol. The number of benzene rings is 2. The van der Waals surface area contributed by atoms with Crippen LogP contribution >= 0.6 is 11.6 Å². The van der Waals surface area contributed by atoms with E-state index in [1.807, 2.05) is 24.3 Å². The Balaban J connectivity index is 1.50. The highest BCUT2D eigenvalue weighted by molar-refractivity contribution is 6.33. The van der Waals surface area contributed by atoms with E-state index in [4.69, 9.17) is 11.6 Å². The van der Waals surface area contributed by atoms with Gasteiger partial charge in [-0.3, -0.25) is 9.59 Å². The zero-order valence-corrected chi connectivity index (χ0v) is 13.6. The van der Waals surface area contributed by atoms with Gasteiger partial charge in [0.2, 0.25) is 0 Å². The summed E-state index contributed by atoms with van der Waals surface area (Å²) in [6.45, 7) is 0.639. The Labute approximate surface area is 144 Å². The van der Waals surface area contributed by atoms with Crippen molar-refractivity contribution in [3.8, 4) is 0 Å². The molecule has 3 aromatic rings. The molecule has 3 rings (SSSR count). The third-order valence-electron chi connectivity index (χ3n) is 3.59. The van der Waals surface area contributed by atoms with Crippen molar-refractivity contribution in [2.24, 2.45) is 0 Å². The van der Waals surface area contributed by atoms with Crippen LogP contribution in [0.4, 0.5) is 0 Å². The molecule has 1 heterocycles. The van der Waals surface area contributed by atoms with E-state index in [9.17, 15) is 9.59 Å². The van der Waals surface area contributed by atoms with Crippen LogP contribution in [0.1, 0.15) is 20.8 Å². The molecule has 0 fully saturated rings. The van der Waals surface area contributed by atoms with Crippen LogP contribution in [0.15, 0.2) is 54.6 Å². The molecule has 1 aromatic heterocycles. The van der Waals surface area contributed by atoms with Gasteiger partial charge >= 0.3 is 0 Å². The van der Waals surface area contributed by atoms with E-state index in [0.29, 0.717) is 29.4 Å². The number of nitrogens with one attached hydrogen (secondary N) is 3. The molecule has 0 unspecified atom stereocenters. The average molecular weight is 342 g/mol. The zero-order valence-electron chi connectivity index (χ0n) is 12.8. The second kappa shape index (κ2) is 7.19. The Kier molecular flexibility index (Phi) is 4.82. The minimum Gasteiger partial charge on any atom is -0.351 e. The summed E-state index contributed by atoms with van der Waals surface area (Å²) in [6, 6.07) is 16.3. The van der Waals surface area contributed by atoms with E-state index in [2.05, 4.69) is 15.6 Å². The molecule has 0 aliphatic rings. The molecule has 3 N–H and O–H groups in total. The van der Waals surface area contributed by atoms with Crippen molar-refractivity contribution in [1.82, 2.24) is 15.6 Å². The topological polar surface area (TPSA) is 74.0 Å². The number of hydrogen-bond donors (Lipinski definition) is 3. The van der Waals surface area contributed by atoms with Crippen molar-refractivity contribution in [2.45, 2.75) is 0 Å². The third-order valence-corrected chi connectivity index (χ3v) is 3.92. The van der Waals surface area contributed by atoms with Crippen LogP contribution < -0.4 is 10.6 Å². The molecule has 24 heavy (non-hydrogen) atoms. The van der Waals surface area contributed by atoms with Crippen LogP contribution in [0.3, 0.4) is 0 Å². The van der Waals surface area contributed by atoms with Crippen molar-refractivity contribution in [3.05, 3.63) is 70.9 Å². The number of halogens is 1. The normalized spacial score (nSPS) is 10.5. The fourth-order valence-corrected chi connectivity index (χ4v) is 2.61. The van der Waals surface area contributed by atoms with Gasteiger partial charge in [-0.25, -0.2) is 0 Å². The van der Waals surface area contributed by atoms with Gasteiger partial charge in [0.05, 0.1) is 10.6 Å². The van der Waals surface area contributed by atoms with Gasteiger partial charge in [-0.15, -0.1) is 0 Å². The highest BCUT2D eigenvalue weighted by Gasteiger charge is 2.10. The fourth-order valence-electron chi connectivity index (χ4n) is 2.38. The number of amides is 2. The second-order valence-electron chi connectivity index (χ2n) is 5.26. The maximum atomic E-state index is 12.1. The minimum atomic E-state index is -0.263. The van der Waals surface area contributed by atoms with E-state index in [1.165, 1.54) is 0 Å². The summed E-state index contributed by atoms with van der Waals surface area (Å²) in [6.07, 6.45) is 0. The van der Waals surface area contributed by atoms with Gasteiger partial charge in [0, 0.05) is 24.0 Å². The van der Waals surface area contributed by atoms with Crippen molar-refractivity contribution < 1.29 is 9.59 Å². The SMILES string of the molecule is O=C(NCCNC(=O)c1ccccc1Cl)c1cc2ccccc2[nH]1. The van der Waals surface area contributed by atoms with E-state index in [0.717, 1.165) is 10.9 Å². The highest BCUT2D eigenvalue weighted by Crippen LogP contribution is 2.15. The molecule has 2 aromatic carbocycles. The van der Waals surface area contributed by atoms with E-state index in [1.54, 1.807) is 30.3 Å². The van der Waals surface area contributed by atoms with Gasteiger partial charge in [-0.05, 0) is 24.3 Å². The Bertz CT molecular complexity index is 856. The van der Waals surface area contributed by atoms with Crippen LogP contribution in [0.25, 0.3) is 10.9 Å². The van der Waals surface area contributed by atoms with E-state index < -0.39 is 0 Å². The summed E-state index contributed by atoms with van der Waals surface area (Å²) < 4.78 is 0. The first-order valence-electron chi connectivity index (χ1n) is 7.54. The summed E-state index contributed by atoms with van der Waals surface area (Å²) >= 11 is 5.97. The smallest absolute Gasteiger partial charge is 0.267 e. The number of H-pyrrole nitrogens is 1. The summed E-state index contributed by atoms with van der Waals surface area (Å²) in [5.41, 5.74) is 1.82. The van der Waals surface area contributed by atoms with E-state index in [-0.39, 0.29) is 11.8 Å². The summed E-state index contributed by atoms with van der Waals surface area (Å²) in [5, 5.41) is 6.87. The molecule has 0 radical (unpaired) electrons. The van der Waals surface area contributed by atoms with Gasteiger partial charge in [0.1, 0.15) is 5.69 Å². The standard InChI is InChI=1S/C18H16ClN3O2/c19-14-7-3-2-6-13(14)17(23)20-9-10-21-18(24)16-11-12-5-1-4-8-15(12)22-16/h1-8,11,22H,9-10H2,(H,20,23)(H,21,24). The number of carbonyl (C=O) groups is 2. The molecule has 0 saturated heterocycles. The first kappa shape index (κ1) is 16.1. The van der Waals surface area contributed by atoms with Gasteiger partial charge in [-0.2, -0.15) is 0 Å². The lowest BCUT2D eigenvalue weighted by Gasteiger charge is -2.07. The van der Waals surface area contributed by atoms with Crippen LogP contribution in [-0.4, -0.2) is 29.9 Å². The number of para-hydroxylation sites is 1. The van der Waals surface area contributed by atoms with Crippen molar-refractivity contribution in [3.63, 3.8) is 0 Å². The molecular weight excluding hydrogens is 326 g/mol. The van der Waals surface area contributed by atoms with Crippen LogP contribution in [0.2, 0.25) is 5.02 Å². The summed E-state index contributed by atoms with van der Waals surface area (Å²) in [5.74, 6) is -0.473. The fraction of sp³-hybridized carbons (Fsp3) is 0.111. The average Bonchev–Trinajstić information content (AvgIpc) is 3.03. The number of aromatic amines is 1. The van der Waals surface area contributed by atoms with Crippen molar-refractivity contribution in [2.75, 3.05) is 13.1 Å². The Morgan fingerprint density at radius 2 is 1.58 bits per heavy atom. The van der Waals surface area contributed by atoms with Crippen molar-refractivity contribution >= 4 is 34.3 Å². The maximum absolute atomic E-state index is 12.1. The molecule has 0 bridgehead atoms. The molecule has 6 heteroatoms. The molecule has 0 aliphatic carbocycles. The lowest BCUT2D eigenvalue weighted by Crippen LogP contribution is -2.34. The predicted molar refractivity (Wildman–Crippen MR) is 94.4 cm³/mol. The number of hydrogen-bond acceptors (Lipinski definition) is 2. The molecule has 0 aliphatic heterocycles. The first-order chi connectivity index (χ1) is 11.6. The van der Waals surface area contributed by atoms with Gasteiger partial charge in [0.25, 0.3) is 11.8 Å². The number of rotatable bonds is 5. The first-order valence-corrected chi connectivity index (χ1v) is 7.91. The van der Waals surface area contributed by atoms with Gasteiger partial charge in [-0.1, -0.05) is 41.9 Å². The van der Waals surface area contributed by atoms with E-state index >= 15 is 0 Å². The number of aromatic nitrogens is 1. The lowest BCUT2D eigenvalue weighted by molar-refractivity contribution is 0.0925. The molecule has 122 valence electrons. The van der Waals surface area contributed by atoms with Gasteiger partial charge in [0.15, 0.2) is 0 Å². The lowest BCUT2D eigenvalue weighted by atomic mass is 10.2. The predicted octanol–water partition coefficient (Wildman–Crippen LogP) is 2.98. The minimum absolute atomic E-state index is 0.210. The largest absolute Gasteiger partial charge is 0.351 e. The van der Waals surface area contributed by atoms with Crippen LogP contribution in [0, 0.1) is 0 Å². The molecule has 5 nitrogen and oxygen atoms in total. The van der Waals surface area contributed by atoms with Crippen LogP contribution in [0.5, 0.6) is 0 Å². The zero-order chi connectivity index (χ0) is 16.9. The summed E-state index contributed by atoms with van der Waals surface area (Å²) in [7, 11) is 0. The second-order valence-corrected chi connectivity index (χ2v) is 5.67. The Hall–Kier alpha value is -2.79. The third kappa shape index (κ3) is 3.58. The number of fused-ring (bicyclic) bond motifs is 1. The molecular formula is C18H16ClN3O2. The Morgan fingerprint density at radius 1 is 0.917 bits per heavy atom. The quantitative estimate of drug-likeness (QED) is 0.624. The number of carbonyl (C=O) groups excluding carboxylic acids is 2. The molecule has 2 amide bonds. The Morgan fingerprint density at radius 3 is 2.33 bits per heavy atom. The molecule has 0 spiro atoms.